The molecule has 1 amide bonds. The maximum Gasteiger partial charge on any atom is 0.256 e. The molecule has 3 nitrogen and oxygen atoms in total. The number of carbonyl (C=O) groups excluding carboxylic acids is 1. The predicted octanol–water partition coefficient (Wildman–Crippen LogP) is 5.51. The summed E-state index contributed by atoms with van der Waals surface area (Å²) in [5.41, 5.74) is 3.82. The van der Waals surface area contributed by atoms with Crippen LogP contribution in [0.2, 0.25) is 0 Å². The van der Waals surface area contributed by atoms with Gasteiger partial charge in [-0.3, -0.25) is 4.79 Å². The van der Waals surface area contributed by atoms with Crippen molar-refractivity contribution in [1.82, 2.24) is 5.32 Å². The molecule has 0 saturated heterocycles. The van der Waals surface area contributed by atoms with Gasteiger partial charge in [0.1, 0.15) is 11.2 Å². The van der Waals surface area contributed by atoms with E-state index in [1.807, 2.05) is 11.3 Å². The summed E-state index contributed by atoms with van der Waals surface area (Å²) < 4.78 is 0. The van der Waals surface area contributed by atoms with Crippen molar-refractivity contribution in [2.75, 3.05) is 5.32 Å². The Hall–Kier alpha value is -1.33. The third-order valence-corrected chi connectivity index (χ3v) is 8.49. The molecule has 2 aliphatic rings. The topological polar surface area (TPSA) is 41.1 Å². The van der Waals surface area contributed by atoms with Crippen LogP contribution in [-0.2, 0) is 12.8 Å². The molecule has 0 bridgehead atoms. The Morgan fingerprint density at radius 2 is 2.12 bits per heavy atom. The Labute approximate surface area is 157 Å². The molecule has 2 unspecified atom stereocenters. The van der Waals surface area contributed by atoms with Crippen molar-refractivity contribution >= 4 is 33.6 Å². The van der Waals surface area contributed by atoms with Crippen LogP contribution in [0.4, 0.5) is 5.00 Å². The van der Waals surface area contributed by atoms with E-state index in [1.165, 1.54) is 33.7 Å². The fraction of sp³-hybridized carbons (Fsp3) is 0.550. The molecule has 1 aliphatic heterocycles. The zero-order valence-corrected chi connectivity index (χ0v) is 17.0. The van der Waals surface area contributed by atoms with Crippen molar-refractivity contribution in [2.45, 2.75) is 59.5 Å². The number of thiophene rings is 2. The minimum absolute atomic E-state index is 0.0945. The molecule has 2 aromatic heterocycles. The van der Waals surface area contributed by atoms with Crippen molar-refractivity contribution in [1.29, 1.82) is 0 Å². The fourth-order valence-electron chi connectivity index (χ4n) is 4.07. The lowest BCUT2D eigenvalue weighted by Gasteiger charge is -2.36. The van der Waals surface area contributed by atoms with Gasteiger partial charge in [0.05, 0.1) is 5.56 Å². The molecule has 1 aliphatic carbocycles. The van der Waals surface area contributed by atoms with E-state index in [4.69, 9.17) is 0 Å². The molecule has 2 N–H and O–H groups in total. The summed E-state index contributed by atoms with van der Waals surface area (Å²) in [5, 5.41) is 9.92. The maximum atomic E-state index is 12.8. The average molecular weight is 375 g/mol. The molecule has 2 aromatic rings. The van der Waals surface area contributed by atoms with E-state index in [2.05, 4.69) is 49.8 Å². The van der Waals surface area contributed by atoms with Gasteiger partial charge in [-0.15, -0.1) is 22.7 Å². The van der Waals surface area contributed by atoms with Crippen molar-refractivity contribution in [3.63, 3.8) is 0 Å². The van der Waals surface area contributed by atoms with Crippen molar-refractivity contribution in [3.8, 4) is 0 Å². The van der Waals surface area contributed by atoms with Gasteiger partial charge < -0.3 is 10.6 Å². The van der Waals surface area contributed by atoms with E-state index in [1.54, 1.807) is 11.3 Å². The van der Waals surface area contributed by atoms with Crippen LogP contribution in [0.1, 0.15) is 71.0 Å². The third-order valence-electron chi connectivity index (χ3n) is 6.22. The van der Waals surface area contributed by atoms with Gasteiger partial charge in [-0.2, -0.15) is 0 Å². The molecule has 0 spiro atoms. The molecule has 2 atom stereocenters. The lowest BCUT2D eigenvalue weighted by atomic mass is 9.69. The SMILES string of the molecule is CCC(C)(C)C1CCc2c(sc3c2C(=O)NC(c2sccc2C)N3)C1. The van der Waals surface area contributed by atoms with Crippen LogP contribution in [0.5, 0.6) is 0 Å². The van der Waals surface area contributed by atoms with Crippen LogP contribution < -0.4 is 10.6 Å². The lowest BCUT2D eigenvalue weighted by molar-refractivity contribution is 0.0935. The summed E-state index contributed by atoms with van der Waals surface area (Å²) in [6, 6.07) is 2.11. The van der Waals surface area contributed by atoms with Crippen LogP contribution >= 0.6 is 22.7 Å². The van der Waals surface area contributed by atoms with E-state index in [-0.39, 0.29) is 12.1 Å². The fourth-order valence-corrected chi connectivity index (χ4v) is 6.34. The van der Waals surface area contributed by atoms with Gasteiger partial charge in [0, 0.05) is 9.75 Å². The van der Waals surface area contributed by atoms with Crippen LogP contribution in [0.25, 0.3) is 0 Å². The second kappa shape index (κ2) is 6.13. The number of hydrogen-bond acceptors (Lipinski definition) is 4. The Bertz CT molecular complexity index is 818. The van der Waals surface area contributed by atoms with Gasteiger partial charge in [0.2, 0.25) is 0 Å². The Morgan fingerprint density at radius 1 is 1.32 bits per heavy atom. The highest BCUT2D eigenvalue weighted by Crippen LogP contribution is 2.47. The number of aryl methyl sites for hydroxylation is 1. The first-order valence-corrected chi connectivity index (χ1v) is 10.9. The monoisotopic (exact) mass is 374 g/mol. The molecule has 0 fully saturated rings. The van der Waals surface area contributed by atoms with Crippen molar-refractivity contribution in [3.05, 3.63) is 37.9 Å². The summed E-state index contributed by atoms with van der Waals surface area (Å²) in [5.74, 6) is 0.806. The van der Waals surface area contributed by atoms with E-state index < -0.39 is 0 Å². The quantitative estimate of drug-likeness (QED) is 0.743. The summed E-state index contributed by atoms with van der Waals surface area (Å²) in [7, 11) is 0. The average Bonchev–Trinajstić information content (AvgIpc) is 3.17. The standard InChI is InChI=1S/C20H26N2OS2/c1-5-20(3,4)12-6-7-13-14(10-12)25-19-15(13)18(23)21-17(22-19)16-11(2)8-9-24-16/h8-9,12,17,22H,5-7,10H2,1-4H3,(H,21,23). The number of fused-ring (bicyclic) bond motifs is 3. The second-order valence-corrected chi connectivity index (χ2v) is 10.1. The molecule has 5 heteroatoms. The molecular formula is C20H26N2OS2. The van der Waals surface area contributed by atoms with E-state index in [9.17, 15) is 4.79 Å². The highest BCUT2D eigenvalue weighted by molar-refractivity contribution is 7.16. The molecule has 25 heavy (non-hydrogen) atoms. The molecule has 0 radical (unpaired) electrons. The third kappa shape index (κ3) is 2.81. The minimum atomic E-state index is -0.0945. The van der Waals surface area contributed by atoms with E-state index >= 15 is 0 Å². The smallest absolute Gasteiger partial charge is 0.256 e. The highest BCUT2D eigenvalue weighted by Gasteiger charge is 2.37. The van der Waals surface area contributed by atoms with E-state index in [0.717, 1.165) is 23.4 Å². The van der Waals surface area contributed by atoms with Gasteiger partial charge >= 0.3 is 0 Å². The summed E-state index contributed by atoms with van der Waals surface area (Å²) >= 11 is 3.51. The van der Waals surface area contributed by atoms with Crippen molar-refractivity contribution in [2.24, 2.45) is 11.3 Å². The molecule has 134 valence electrons. The highest BCUT2D eigenvalue weighted by atomic mass is 32.1. The normalized spacial score (nSPS) is 22.8. The molecular weight excluding hydrogens is 348 g/mol. The Morgan fingerprint density at radius 3 is 2.80 bits per heavy atom. The van der Waals surface area contributed by atoms with Gasteiger partial charge in [0.25, 0.3) is 5.91 Å². The first kappa shape index (κ1) is 17.1. The maximum absolute atomic E-state index is 12.8. The van der Waals surface area contributed by atoms with Crippen LogP contribution in [0, 0.1) is 18.3 Å². The van der Waals surface area contributed by atoms with Crippen molar-refractivity contribution < 1.29 is 4.79 Å². The van der Waals surface area contributed by atoms with Crippen LogP contribution in [0.3, 0.4) is 0 Å². The number of rotatable bonds is 3. The largest absolute Gasteiger partial charge is 0.352 e. The van der Waals surface area contributed by atoms with Gasteiger partial charge in [-0.05, 0) is 60.1 Å². The van der Waals surface area contributed by atoms with Crippen LogP contribution in [0.15, 0.2) is 11.4 Å². The Balaban J connectivity index is 1.65. The minimum Gasteiger partial charge on any atom is -0.352 e. The number of nitrogens with one attached hydrogen (secondary N) is 2. The van der Waals surface area contributed by atoms with Gasteiger partial charge in [-0.1, -0.05) is 27.2 Å². The zero-order chi connectivity index (χ0) is 17.8. The number of carbonyl (C=O) groups is 1. The predicted molar refractivity (Wildman–Crippen MR) is 107 cm³/mol. The van der Waals surface area contributed by atoms with E-state index in [0.29, 0.717) is 11.3 Å². The number of hydrogen-bond donors (Lipinski definition) is 2. The molecule has 4 rings (SSSR count). The van der Waals surface area contributed by atoms with Gasteiger partial charge in [-0.25, -0.2) is 0 Å². The van der Waals surface area contributed by atoms with Gasteiger partial charge in [0.15, 0.2) is 0 Å². The first-order chi connectivity index (χ1) is 11.9. The molecule has 0 saturated carbocycles. The lowest BCUT2D eigenvalue weighted by Crippen LogP contribution is -2.38. The second-order valence-electron chi connectivity index (χ2n) is 8.01. The summed E-state index contributed by atoms with van der Waals surface area (Å²) in [4.78, 5) is 15.5. The number of anilines is 1. The number of amides is 1. The molecule has 0 aromatic carbocycles. The zero-order valence-electron chi connectivity index (χ0n) is 15.4. The molecule has 3 heterocycles. The summed E-state index contributed by atoms with van der Waals surface area (Å²) in [6.45, 7) is 9.16. The van der Waals surface area contributed by atoms with Crippen LogP contribution in [-0.4, -0.2) is 5.91 Å². The first-order valence-electron chi connectivity index (χ1n) is 9.16. The summed E-state index contributed by atoms with van der Waals surface area (Å²) in [6.07, 6.45) is 4.45. The Kier molecular flexibility index (Phi) is 4.19.